The predicted molar refractivity (Wildman–Crippen MR) is 90.7 cm³/mol. The van der Waals surface area contributed by atoms with Gasteiger partial charge in [-0.2, -0.15) is 0 Å². The zero-order chi connectivity index (χ0) is 19.0. The SMILES string of the molecule is CN(C)CCN(CC(=O)O)C1CCCCC1N(CC(=O)O)CC(=O)O. The van der Waals surface area contributed by atoms with Gasteiger partial charge in [0.2, 0.25) is 0 Å². The number of aliphatic carboxylic acids is 3. The zero-order valence-corrected chi connectivity index (χ0v) is 14.9. The van der Waals surface area contributed by atoms with Gasteiger partial charge in [-0.25, -0.2) is 0 Å². The van der Waals surface area contributed by atoms with E-state index in [-0.39, 0.29) is 31.7 Å². The van der Waals surface area contributed by atoms with Crippen LogP contribution in [0.15, 0.2) is 0 Å². The fourth-order valence-corrected chi connectivity index (χ4v) is 3.45. The molecule has 0 aliphatic heterocycles. The lowest BCUT2D eigenvalue weighted by Gasteiger charge is -2.44. The first-order valence-electron chi connectivity index (χ1n) is 8.49. The molecule has 9 heteroatoms. The molecule has 0 aromatic heterocycles. The van der Waals surface area contributed by atoms with Crippen molar-refractivity contribution in [2.24, 2.45) is 0 Å². The van der Waals surface area contributed by atoms with Crippen molar-refractivity contribution >= 4 is 17.9 Å². The van der Waals surface area contributed by atoms with Gasteiger partial charge >= 0.3 is 17.9 Å². The quantitative estimate of drug-likeness (QED) is 0.457. The zero-order valence-electron chi connectivity index (χ0n) is 14.9. The van der Waals surface area contributed by atoms with Crippen molar-refractivity contribution in [1.82, 2.24) is 14.7 Å². The Morgan fingerprint density at radius 2 is 1.16 bits per heavy atom. The number of rotatable bonds is 11. The van der Waals surface area contributed by atoms with Gasteiger partial charge in [0, 0.05) is 25.2 Å². The molecular formula is C16H29N3O6. The summed E-state index contributed by atoms with van der Waals surface area (Å²) in [6.45, 7) is 0.357. The maximum Gasteiger partial charge on any atom is 0.317 e. The molecule has 0 saturated heterocycles. The normalized spacial score (nSPS) is 21.0. The number of carbonyl (C=O) groups is 3. The number of hydrogen-bond acceptors (Lipinski definition) is 6. The first-order valence-corrected chi connectivity index (χ1v) is 8.49. The third-order valence-corrected chi connectivity index (χ3v) is 4.48. The van der Waals surface area contributed by atoms with Gasteiger partial charge in [-0.3, -0.25) is 24.2 Å². The number of carboxylic acid groups (broad SMARTS) is 3. The van der Waals surface area contributed by atoms with Crippen molar-refractivity contribution < 1.29 is 29.7 Å². The Labute approximate surface area is 147 Å². The predicted octanol–water partition coefficient (Wildman–Crippen LogP) is -0.283. The summed E-state index contributed by atoms with van der Waals surface area (Å²) in [6.07, 6.45) is 3.21. The summed E-state index contributed by atoms with van der Waals surface area (Å²) in [5.74, 6) is -3.10. The summed E-state index contributed by atoms with van der Waals surface area (Å²) in [4.78, 5) is 38.8. The molecule has 0 aromatic rings. The molecule has 0 heterocycles. The van der Waals surface area contributed by atoms with Crippen LogP contribution < -0.4 is 0 Å². The van der Waals surface area contributed by atoms with Gasteiger partial charge in [-0.05, 0) is 26.9 Å². The minimum Gasteiger partial charge on any atom is -0.480 e. The molecule has 1 saturated carbocycles. The lowest BCUT2D eigenvalue weighted by Crippen LogP contribution is -2.57. The Morgan fingerprint density at radius 3 is 1.56 bits per heavy atom. The van der Waals surface area contributed by atoms with E-state index in [2.05, 4.69) is 0 Å². The molecule has 25 heavy (non-hydrogen) atoms. The van der Waals surface area contributed by atoms with E-state index in [9.17, 15) is 19.5 Å². The summed E-state index contributed by atoms with van der Waals surface area (Å²) in [5, 5.41) is 27.5. The smallest absolute Gasteiger partial charge is 0.317 e. The van der Waals surface area contributed by atoms with Crippen LogP contribution in [0.3, 0.4) is 0 Å². The summed E-state index contributed by atoms with van der Waals surface area (Å²) in [5.41, 5.74) is 0. The second-order valence-electron chi connectivity index (χ2n) is 6.78. The molecule has 3 N–H and O–H groups in total. The molecule has 1 fully saturated rings. The largest absolute Gasteiger partial charge is 0.480 e. The molecule has 0 spiro atoms. The molecular weight excluding hydrogens is 330 g/mol. The highest BCUT2D eigenvalue weighted by molar-refractivity contribution is 5.72. The van der Waals surface area contributed by atoms with Crippen molar-refractivity contribution in [2.75, 3.05) is 46.8 Å². The van der Waals surface area contributed by atoms with E-state index in [4.69, 9.17) is 10.2 Å². The Balaban J connectivity index is 2.99. The topological polar surface area (TPSA) is 122 Å². The van der Waals surface area contributed by atoms with Crippen molar-refractivity contribution in [3.05, 3.63) is 0 Å². The van der Waals surface area contributed by atoms with Gasteiger partial charge in [-0.1, -0.05) is 12.8 Å². The van der Waals surface area contributed by atoms with E-state index in [1.807, 2.05) is 23.9 Å². The number of carboxylic acids is 3. The van der Waals surface area contributed by atoms with Gasteiger partial charge in [0.15, 0.2) is 0 Å². The molecule has 0 radical (unpaired) electrons. The molecule has 1 rings (SSSR count). The fraction of sp³-hybridized carbons (Fsp3) is 0.812. The van der Waals surface area contributed by atoms with Gasteiger partial charge in [0.1, 0.15) is 0 Å². The minimum atomic E-state index is -1.08. The molecule has 2 unspecified atom stereocenters. The summed E-state index contributed by atoms with van der Waals surface area (Å²) < 4.78 is 0. The average molecular weight is 359 g/mol. The minimum absolute atomic E-state index is 0.136. The van der Waals surface area contributed by atoms with Crippen LogP contribution in [0.4, 0.5) is 0 Å². The highest BCUT2D eigenvalue weighted by Crippen LogP contribution is 2.27. The van der Waals surface area contributed by atoms with Crippen LogP contribution in [0.5, 0.6) is 0 Å². The van der Waals surface area contributed by atoms with E-state index < -0.39 is 17.9 Å². The first-order chi connectivity index (χ1) is 11.7. The van der Waals surface area contributed by atoms with Crippen LogP contribution in [0.1, 0.15) is 25.7 Å². The monoisotopic (exact) mass is 359 g/mol. The average Bonchev–Trinajstić information content (AvgIpc) is 2.49. The molecule has 2 atom stereocenters. The van der Waals surface area contributed by atoms with Gasteiger partial charge in [-0.15, -0.1) is 0 Å². The highest BCUT2D eigenvalue weighted by Gasteiger charge is 2.36. The van der Waals surface area contributed by atoms with E-state index >= 15 is 0 Å². The van der Waals surface area contributed by atoms with E-state index in [1.54, 1.807) is 0 Å². The molecule has 0 aromatic carbocycles. The van der Waals surface area contributed by atoms with Crippen LogP contribution in [0.25, 0.3) is 0 Å². The van der Waals surface area contributed by atoms with Crippen LogP contribution in [0.2, 0.25) is 0 Å². The first kappa shape index (κ1) is 21.3. The fourth-order valence-electron chi connectivity index (χ4n) is 3.45. The summed E-state index contributed by atoms with van der Waals surface area (Å²) >= 11 is 0. The molecule has 144 valence electrons. The van der Waals surface area contributed by atoms with Crippen LogP contribution in [-0.4, -0.2) is 107 Å². The maximum absolute atomic E-state index is 11.3. The summed E-state index contributed by atoms with van der Waals surface area (Å²) in [7, 11) is 3.80. The second-order valence-corrected chi connectivity index (χ2v) is 6.78. The summed E-state index contributed by atoms with van der Waals surface area (Å²) in [6, 6.07) is -0.439. The Hall–Kier alpha value is -1.71. The van der Waals surface area contributed by atoms with Crippen molar-refractivity contribution in [1.29, 1.82) is 0 Å². The third kappa shape index (κ3) is 7.80. The van der Waals surface area contributed by atoms with Crippen LogP contribution >= 0.6 is 0 Å². The number of likely N-dealkylation sites (N-methyl/N-ethyl adjacent to an activating group) is 1. The van der Waals surface area contributed by atoms with Gasteiger partial charge in [0.25, 0.3) is 0 Å². The number of hydrogen-bond donors (Lipinski definition) is 3. The standard InChI is InChI=1S/C16H29N3O6/c1-17(2)7-8-18(9-14(20)21)12-5-3-4-6-13(12)19(10-15(22)23)11-16(24)25/h12-13H,3-11H2,1-2H3,(H,20,21)(H,22,23)(H,24,25). The van der Waals surface area contributed by atoms with Crippen molar-refractivity contribution in [3.63, 3.8) is 0 Å². The van der Waals surface area contributed by atoms with Crippen molar-refractivity contribution in [2.45, 2.75) is 37.8 Å². The highest BCUT2D eigenvalue weighted by atomic mass is 16.4. The molecule has 0 bridgehead atoms. The van der Waals surface area contributed by atoms with Crippen LogP contribution in [0, 0.1) is 0 Å². The lowest BCUT2D eigenvalue weighted by molar-refractivity contribution is -0.146. The number of nitrogens with zero attached hydrogens (tertiary/aromatic N) is 3. The lowest BCUT2D eigenvalue weighted by atomic mass is 9.87. The molecule has 9 nitrogen and oxygen atoms in total. The molecule has 0 amide bonds. The van der Waals surface area contributed by atoms with Crippen molar-refractivity contribution in [3.8, 4) is 0 Å². The van der Waals surface area contributed by atoms with Gasteiger partial charge < -0.3 is 20.2 Å². The second kappa shape index (κ2) is 10.3. The van der Waals surface area contributed by atoms with E-state index in [1.165, 1.54) is 4.90 Å². The maximum atomic E-state index is 11.3. The Morgan fingerprint density at radius 1 is 0.760 bits per heavy atom. The van der Waals surface area contributed by atoms with E-state index in [0.29, 0.717) is 19.5 Å². The van der Waals surface area contributed by atoms with Crippen LogP contribution in [-0.2, 0) is 14.4 Å². The Kier molecular flexibility index (Phi) is 8.81. The molecule has 1 aliphatic rings. The van der Waals surface area contributed by atoms with Gasteiger partial charge in [0.05, 0.1) is 19.6 Å². The Bertz CT molecular complexity index is 455. The van der Waals surface area contributed by atoms with E-state index in [0.717, 1.165) is 19.3 Å². The third-order valence-electron chi connectivity index (χ3n) is 4.48. The molecule has 1 aliphatic carbocycles.